The van der Waals surface area contributed by atoms with Crippen molar-refractivity contribution in [3.05, 3.63) is 98.7 Å². The number of likely N-dealkylation sites (tertiary alicyclic amines) is 1. The van der Waals surface area contributed by atoms with Gasteiger partial charge in [-0.05, 0) is 123 Å². The Hall–Kier alpha value is -4.45. The minimum absolute atomic E-state index is 0.166. The largest absolute Gasteiger partial charge is 0.462 e. The summed E-state index contributed by atoms with van der Waals surface area (Å²) < 4.78 is 13.4. The molecule has 3 aromatic carbocycles. The van der Waals surface area contributed by atoms with Crippen molar-refractivity contribution >= 4 is 68.3 Å². The molecule has 2 saturated heterocycles. The molecule has 11 nitrogen and oxygen atoms in total. The van der Waals surface area contributed by atoms with Gasteiger partial charge in [0.15, 0.2) is 0 Å². The molecule has 1 amide bonds. The fourth-order valence-electron chi connectivity index (χ4n) is 8.54. The lowest BCUT2D eigenvalue weighted by Crippen LogP contribution is -2.55. The Kier molecular flexibility index (Phi) is 13.4. The molecule has 2 atom stereocenters. The number of esters is 1. The number of benzene rings is 3. The van der Waals surface area contributed by atoms with Crippen molar-refractivity contribution in [1.29, 1.82) is 5.26 Å². The van der Waals surface area contributed by atoms with E-state index in [4.69, 9.17) is 31.0 Å². The Morgan fingerprint density at radius 2 is 1.86 bits per heavy atom. The van der Waals surface area contributed by atoms with Gasteiger partial charge in [-0.25, -0.2) is 0 Å². The Balaban J connectivity index is 1.06. The molecule has 58 heavy (non-hydrogen) atoms. The zero-order chi connectivity index (χ0) is 40.8. The first-order valence-corrected chi connectivity index (χ1v) is 21.7. The predicted molar refractivity (Wildman–Crippen MR) is 236 cm³/mol. The molecule has 3 aliphatic rings. The van der Waals surface area contributed by atoms with Crippen molar-refractivity contribution < 1.29 is 19.1 Å². The van der Waals surface area contributed by atoms with Crippen LogP contribution in [-0.2, 0) is 33.9 Å². The van der Waals surface area contributed by atoms with Crippen molar-refractivity contribution in [3.63, 3.8) is 0 Å². The molecule has 0 N–H and O–H groups in total. The number of halogens is 2. The normalized spacial score (nSPS) is 18.5. The van der Waals surface area contributed by atoms with Crippen molar-refractivity contribution in [3.8, 4) is 12.1 Å². The zero-order valence-corrected chi connectivity index (χ0v) is 36.3. The summed E-state index contributed by atoms with van der Waals surface area (Å²) in [6.45, 7) is 13.0. The fraction of sp³-hybridized carbons (Fsp3) is 0.444. The van der Waals surface area contributed by atoms with Gasteiger partial charge in [-0.3, -0.25) is 14.5 Å². The topological polar surface area (TPSA) is 115 Å². The molecule has 0 unspecified atom stereocenters. The number of hydrogen-bond donors (Lipinski definition) is 0. The van der Waals surface area contributed by atoms with Crippen LogP contribution in [0.3, 0.4) is 0 Å². The SMILES string of the molecule is C=CC(=O)N1CCN(c2nc(OC[C@@H]3CCCN3CCCC(C)(C)C(=O)OCc3cccc(I)c3)nc3c2CCN(c2cccc4cccc(Cl)c24)C3)C[C@@H]1CC#N. The van der Waals surface area contributed by atoms with Gasteiger partial charge in [0, 0.05) is 52.4 Å². The summed E-state index contributed by atoms with van der Waals surface area (Å²) in [5.41, 5.74) is 3.42. The first kappa shape index (κ1) is 41.7. The maximum atomic E-state index is 13.1. The van der Waals surface area contributed by atoms with Crippen LogP contribution in [0.4, 0.5) is 11.5 Å². The average Bonchev–Trinajstić information content (AvgIpc) is 3.68. The third kappa shape index (κ3) is 9.53. The molecule has 0 aliphatic carbocycles. The smallest absolute Gasteiger partial charge is 0.318 e. The van der Waals surface area contributed by atoms with Gasteiger partial charge in [-0.1, -0.05) is 54.6 Å². The maximum Gasteiger partial charge on any atom is 0.318 e. The number of carbonyl (C=O) groups is 2. The average molecular weight is 916 g/mol. The number of aromatic nitrogens is 2. The number of carbonyl (C=O) groups excluding carboxylic acids is 2. The van der Waals surface area contributed by atoms with E-state index in [0.29, 0.717) is 50.2 Å². The molecule has 3 aliphatic heterocycles. The van der Waals surface area contributed by atoms with Crippen molar-refractivity contribution in [2.24, 2.45) is 5.41 Å². The van der Waals surface area contributed by atoms with E-state index in [1.165, 1.54) is 6.08 Å². The molecule has 13 heteroatoms. The van der Waals surface area contributed by atoms with Gasteiger partial charge in [-0.2, -0.15) is 15.2 Å². The van der Waals surface area contributed by atoms with Crippen molar-refractivity contribution in [2.45, 2.75) is 77.6 Å². The van der Waals surface area contributed by atoms with Crippen LogP contribution in [0.2, 0.25) is 5.02 Å². The highest BCUT2D eigenvalue weighted by Crippen LogP contribution is 2.37. The highest BCUT2D eigenvalue weighted by atomic mass is 127. The van der Waals surface area contributed by atoms with E-state index in [-0.39, 0.29) is 37.0 Å². The third-order valence-corrected chi connectivity index (χ3v) is 12.7. The molecule has 0 bridgehead atoms. The number of piperazine rings is 1. The van der Waals surface area contributed by atoms with Crippen LogP contribution in [-0.4, -0.2) is 89.6 Å². The molecule has 0 saturated carbocycles. The summed E-state index contributed by atoms with van der Waals surface area (Å²) in [5, 5.41) is 12.5. The summed E-state index contributed by atoms with van der Waals surface area (Å²) in [6.07, 6.45) is 5.90. The van der Waals surface area contributed by atoms with E-state index in [1.54, 1.807) is 4.90 Å². The molecule has 7 rings (SSSR count). The molecule has 304 valence electrons. The highest BCUT2D eigenvalue weighted by Gasteiger charge is 2.35. The zero-order valence-electron chi connectivity index (χ0n) is 33.3. The lowest BCUT2D eigenvalue weighted by atomic mass is 9.88. The Morgan fingerprint density at radius 3 is 2.66 bits per heavy atom. The fourth-order valence-corrected chi connectivity index (χ4v) is 9.43. The van der Waals surface area contributed by atoms with Crippen LogP contribution in [0.15, 0.2) is 73.3 Å². The van der Waals surface area contributed by atoms with Gasteiger partial charge < -0.3 is 24.2 Å². The molecular weight excluding hydrogens is 865 g/mol. The van der Waals surface area contributed by atoms with Gasteiger partial charge in [-0.15, -0.1) is 0 Å². The lowest BCUT2D eigenvalue weighted by molar-refractivity contribution is -0.155. The number of anilines is 2. The van der Waals surface area contributed by atoms with Crippen LogP contribution in [0.1, 0.15) is 62.8 Å². The molecular formula is C45H51ClIN7O4. The molecule has 0 radical (unpaired) electrons. The number of hydrogen-bond acceptors (Lipinski definition) is 10. The lowest BCUT2D eigenvalue weighted by Gasteiger charge is -2.42. The van der Waals surface area contributed by atoms with Crippen molar-refractivity contribution in [1.82, 2.24) is 19.8 Å². The maximum absolute atomic E-state index is 13.1. The molecule has 2 fully saturated rings. The molecule has 0 spiro atoms. The molecule has 4 heterocycles. The van der Waals surface area contributed by atoms with Crippen LogP contribution in [0, 0.1) is 20.3 Å². The monoisotopic (exact) mass is 915 g/mol. The number of nitriles is 1. The number of nitrogens with zero attached hydrogens (tertiary/aromatic N) is 7. The van der Waals surface area contributed by atoms with E-state index in [2.05, 4.69) is 74.2 Å². The van der Waals surface area contributed by atoms with Gasteiger partial charge in [0.25, 0.3) is 0 Å². The first-order valence-electron chi connectivity index (χ1n) is 20.2. The summed E-state index contributed by atoms with van der Waals surface area (Å²) in [5.74, 6) is 0.465. The Morgan fingerprint density at radius 1 is 1.05 bits per heavy atom. The summed E-state index contributed by atoms with van der Waals surface area (Å²) in [7, 11) is 0. The minimum Gasteiger partial charge on any atom is -0.462 e. The quantitative estimate of drug-likeness (QED) is 0.0702. The number of ether oxygens (including phenoxy) is 2. The second-order valence-electron chi connectivity index (χ2n) is 16.1. The van der Waals surface area contributed by atoms with Crippen molar-refractivity contribution in [2.75, 3.05) is 55.7 Å². The van der Waals surface area contributed by atoms with E-state index >= 15 is 0 Å². The second kappa shape index (κ2) is 18.6. The summed E-state index contributed by atoms with van der Waals surface area (Å²) >= 11 is 9.04. The van der Waals surface area contributed by atoms with E-state index < -0.39 is 5.41 Å². The van der Waals surface area contributed by atoms with Crippen LogP contribution >= 0.6 is 34.2 Å². The standard InChI is InChI=1S/C45H51ClIN7O4/c1-4-40(55)54-25-24-53(27-34(54)17-20-48)42-36-18-23-52(39-16-7-12-32-11-6-15-37(46)41(32)39)28-38(36)49-44(50-42)58-30-35-14-8-21-51(35)22-9-19-45(2,3)43(56)57-29-31-10-5-13-33(47)26-31/h4-7,10-13,15-16,26,34-35H,1,8-9,14,17-19,21-25,27-30H2,2-3H3/t34-,35-/m0/s1. The Bertz CT molecular complexity index is 2190. The van der Waals surface area contributed by atoms with Crippen LogP contribution in [0.5, 0.6) is 6.01 Å². The van der Waals surface area contributed by atoms with E-state index in [1.807, 2.05) is 50.2 Å². The van der Waals surface area contributed by atoms with E-state index in [9.17, 15) is 14.9 Å². The minimum atomic E-state index is -0.594. The predicted octanol–water partition coefficient (Wildman–Crippen LogP) is 7.96. The highest BCUT2D eigenvalue weighted by molar-refractivity contribution is 14.1. The second-order valence-corrected chi connectivity index (χ2v) is 17.7. The van der Waals surface area contributed by atoms with E-state index in [0.717, 1.165) is 88.0 Å². The summed E-state index contributed by atoms with van der Waals surface area (Å²) in [6, 6.07) is 22.8. The third-order valence-electron chi connectivity index (χ3n) is 11.7. The van der Waals surface area contributed by atoms with Gasteiger partial charge in [0.1, 0.15) is 19.0 Å². The number of fused-ring (bicyclic) bond motifs is 2. The van der Waals surface area contributed by atoms with Gasteiger partial charge >= 0.3 is 12.0 Å². The molecule has 4 aromatic rings. The number of amides is 1. The van der Waals surface area contributed by atoms with Crippen LogP contribution in [0.25, 0.3) is 10.8 Å². The molecule has 1 aromatic heterocycles. The van der Waals surface area contributed by atoms with Crippen LogP contribution < -0.4 is 14.5 Å². The Labute approximate surface area is 360 Å². The first-order chi connectivity index (χ1) is 28.0. The van der Waals surface area contributed by atoms with Gasteiger partial charge in [0.2, 0.25) is 5.91 Å². The number of rotatable bonds is 14. The van der Waals surface area contributed by atoms with Gasteiger partial charge in [0.05, 0.1) is 41.2 Å². The summed E-state index contributed by atoms with van der Waals surface area (Å²) in [4.78, 5) is 44.7.